The molecule has 8 heteroatoms. The van der Waals surface area contributed by atoms with Crippen LogP contribution >= 0.6 is 0 Å². The van der Waals surface area contributed by atoms with E-state index in [9.17, 15) is 14.9 Å². The summed E-state index contributed by atoms with van der Waals surface area (Å²) in [6, 6.07) is 12.2. The SMILES string of the molecule is C=C(c1ccc(N2CCN(CCO)CC2)c([N+](=O)[O-])c1)c1ccccc1C(=O)NC. The number of hydrogen-bond acceptors (Lipinski definition) is 6. The molecular weight excluding hydrogens is 384 g/mol. The Balaban J connectivity index is 1.90. The largest absolute Gasteiger partial charge is 0.395 e. The summed E-state index contributed by atoms with van der Waals surface area (Å²) in [6.45, 7) is 7.61. The summed E-state index contributed by atoms with van der Waals surface area (Å²) in [7, 11) is 1.56. The highest BCUT2D eigenvalue weighted by atomic mass is 16.6. The molecule has 2 N–H and O–H groups in total. The molecule has 0 atom stereocenters. The zero-order valence-corrected chi connectivity index (χ0v) is 17.0. The highest BCUT2D eigenvalue weighted by Crippen LogP contribution is 2.34. The standard InChI is InChI=1S/C22H26N4O4/c1-16(18-5-3-4-6-19(18)22(28)23-2)17-7-8-20(21(15-17)26(29)30)25-11-9-24(10-12-25)13-14-27/h3-8,15,27H,1,9-14H2,2H3,(H,23,28). The molecule has 1 saturated heterocycles. The number of hydrogen-bond donors (Lipinski definition) is 2. The number of nitrogens with one attached hydrogen (secondary N) is 1. The van der Waals surface area contributed by atoms with Gasteiger partial charge in [0, 0.05) is 51.4 Å². The van der Waals surface area contributed by atoms with Crippen molar-refractivity contribution in [2.45, 2.75) is 0 Å². The normalized spacial score (nSPS) is 14.4. The van der Waals surface area contributed by atoms with Gasteiger partial charge in [-0.15, -0.1) is 0 Å². The van der Waals surface area contributed by atoms with Crippen molar-refractivity contribution in [2.24, 2.45) is 0 Å². The lowest BCUT2D eigenvalue weighted by atomic mass is 9.94. The fourth-order valence-electron chi connectivity index (χ4n) is 3.71. The Morgan fingerprint density at radius 3 is 2.43 bits per heavy atom. The van der Waals surface area contributed by atoms with E-state index >= 15 is 0 Å². The van der Waals surface area contributed by atoms with E-state index in [2.05, 4.69) is 16.8 Å². The number of nitrogens with zero attached hydrogens (tertiary/aromatic N) is 3. The first-order valence-corrected chi connectivity index (χ1v) is 9.83. The zero-order chi connectivity index (χ0) is 21.7. The fourth-order valence-corrected chi connectivity index (χ4v) is 3.71. The average Bonchev–Trinajstić information content (AvgIpc) is 2.78. The predicted molar refractivity (Wildman–Crippen MR) is 117 cm³/mol. The summed E-state index contributed by atoms with van der Waals surface area (Å²) in [5, 5.41) is 23.5. The lowest BCUT2D eigenvalue weighted by molar-refractivity contribution is -0.384. The zero-order valence-electron chi connectivity index (χ0n) is 17.0. The maximum absolute atomic E-state index is 12.2. The second-order valence-corrected chi connectivity index (χ2v) is 7.12. The maximum atomic E-state index is 12.2. The quantitative estimate of drug-likeness (QED) is 0.536. The van der Waals surface area contributed by atoms with Crippen LogP contribution in [0.1, 0.15) is 21.5 Å². The van der Waals surface area contributed by atoms with Crippen molar-refractivity contribution in [3.63, 3.8) is 0 Å². The summed E-state index contributed by atoms with van der Waals surface area (Å²) < 4.78 is 0. The molecule has 0 aromatic heterocycles. The molecule has 158 valence electrons. The van der Waals surface area contributed by atoms with Gasteiger partial charge in [-0.25, -0.2) is 0 Å². The molecule has 1 amide bonds. The molecule has 0 bridgehead atoms. The van der Waals surface area contributed by atoms with Crippen molar-refractivity contribution in [3.8, 4) is 0 Å². The summed E-state index contributed by atoms with van der Waals surface area (Å²) in [6.07, 6.45) is 0. The summed E-state index contributed by atoms with van der Waals surface area (Å²) in [5.74, 6) is -0.237. The van der Waals surface area contributed by atoms with Crippen LogP contribution in [0.3, 0.4) is 0 Å². The number of carbonyl (C=O) groups is 1. The number of aliphatic hydroxyl groups excluding tert-OH is 1. The van der Waals surface area contributed by atoms with E-state index in [0.29, 0.717) is 47.6 Å². The van der Waals surface area contributed by atoms with Crippen LogP contribution in [0.5, 0.6) is 0 Å². The van der Waals surface area contributed by atoms with Crippen molar-refractivity contribution in [2.75, 3.05) is 51.3 Å². The van der Waals surface area contributed by atoms with Crippen LogP contribution in [0.2, 0.25) is 0 Å². The van der Waals surface area contributed by atoms with Crippen molar-refractivity contribution < 1.29 is 14.8 Å². The Hall–Kier alpha value is -3.23. The van der Waals surface area contributed by atoms with Crippen molar-refractivity contribution in [1.29, 1.82) is 0 Å². The molecule has 0 saturated carbocycles. The predicted octanol–water partition coefficient (Wildman–Crippen LogP) is 2.13. The number of amides is 1. The van der Waals surface area contributed by atoms with Crippen LogP contribution in [0.4, 0.5) is 11.4 Å². The first kappa shape index (κ1) is 21.5. The van der Waals surface area contributed by atoms with Gasteiger partial charge >= 0.3 is 0 Å². The Kier molecular flexibility index (Phi) is 6.81. The third-order valence-corrected chi connectivity index (χ3v) is 5.37. The number of rotatable bonds is 7. The molecular formula is C22H26N4O4. The smallest absolute Gasteiger partial charge is 0.293 e. The summed E-state index contributed by atoms with van der Waals surface area (Å²) in [4.78, 5) is 27.7. The molecule has 1 aliphatic heterocycles. The van der Waals surface area contributed by atoms with Crippen LogP contribution in [0.15, 0.2) is 49.0 Å². The Morgan fingerprint density at radius 2 is 1.83 bits per heavy atom. The number of anilines is 1. The lowest BCUT2D eigenvalue weighted by Gasteiger charge is -2.35. The van der Waals surface area contributed by atoms with Crippen LogP contribution in [-0.2, 0) is 0 Å². The van der Waals surface area contributed by atoms with Gasteiger partial charge in [-0.2, -0.15) is 0 Å². The molecule has 1 heterocycles. The summed E-state index contributed by atoms with van der Waals surface area (Å²) in [5.41, 5.74) is 2.84. The molecule has 2 aromatic carbocycles. The first-order valence-electron chi connectivity index (χ1n) is 9.83. The van der Waals surface area contributed by atoms with Crippen LogP contribution in [0, 0.1) is 10.1 Å². The van der Waals surface area contributed by atoms with Crippen molar-refractivity contribution >= 4 is 22.9 Å². The molecule has 3 rings (SSSR count). The van der Waals surface area contributed by atoms with E-state index in [4.69, 9.17) is 5.11 Å². The summed E-state index contributed by atoms with van der Waals surface area (Å²) >= 11 is 0. The number of β-amino-alcohol motifs (C(OH)–C–C–N with tert-alkyl or cyclic N) is 1. The van der Waals surface area contributed by atoms with E-state index in [1.807, 2.05) is 17.0 Å². The van der Waals surface area contributed by atoms with E-state index in [1.165, 1.54) is 6.07 Å². The molecule has 1 fully saturated rings. The minimum atomic E-state index is -0.378. The molecule has 30 heavy (non-hydrogen) atoms. The van der Waals surface area contributed by atoms with Crippen molar-refractivity contribution in [1.82, 2.24) is 10.2 Å². The Bertz CT molecular complexity index is 952. The van der Waals surface area contributed by atoms with E-state index in [1.54, 1.807) is 31.3 Å². The maximum Gasteiger partial charge on any atom is 0.293 e. The third kappa shape index (κ3) is 4.50. The molecule has 0 spiro atoms. The number of benzene rings is 2. The van der Waals surface area contributed by atoms with Gasteiger partial charge in [-0.05, 0) is 28.8 Å². The van der Waals surface area contributed by atoms with Gasteiger partial charge < -0.3 is 15.3 Å². The van der Waals surface area contributed by atoms with Gasteiger partial charge in [-0.3, -0.25) is 19.8 Å². The second kappa shape index (κ2) is 9.51. The second-order valence-electron chi connectivity index (χ2n) is 7.12. The van der Waals surface area contributed by atoms with E-state index in [0.717, 1.165) is 13.1 Å². The molecule has 2 aromatic rings. The number of aliphatic hydroxyl groups is 1. The van der Waals surface area contributed by atoms with Crippen LogP contribution < -0.4 is 10.2 Å². The van der Waals surface area contributed by atoms with E-state index in [-0.39, 0.29) is 23.1 Å². The first-order chi connectivity index (χ1) is 14.5. The highest BCUT2D eigenvalue weighted by molar-refractivity contribution is 6.00. The monoisotopic (exact) mass is 410 g/mol. The van der Waals surface area contributed by atoms with Gasteiger partial charge in [0.25, 0.3) is 11.6 Å². The van der Waals surface area contributed by atoms with Crippen molar-refractivity contribution in [3.05, 3.63) is 75.8 Å². The number of nitro groups is 1. The fraction of sp³-hybridized carbons (Fsp3) is 0.318. The minimum absolute atomic E-state index is 0.0154. The minimum Gasteiger partial charge on any atom is -0.395 e. The Labute approximate surface area is 175 Å². The molecule has 0 unspecified atom stereocenters. The van der Waals surface area contributed by atoms with Crippen LogP contribution in [-0.4, -0.2) is 67.2 Å². The number of nitro benzene ring substituents is 1. The lowest BCUT2D eigenvalue weighted by Crippen LogP contribution is -2.47. The van der Waals surface area contributed by atoms with Gasteiger partial charge in [0.1, 0.15) is 5.69 Å². The molecule has 0 aliphatic carbocycles. The number of carbonyl (C=O) groups excluding carboxylic acids is 1. The third-order valence-electron chi connectivity index (χ3n) is 5.37. The molecule has 0 radical (unpaired) electrons. The topological polar surface area (TPSA) is 98.9 Å². The van der Waals surface area contributed by atoms with Gasteiger partial charge in [-0.1, -0.05) is 30.8 Å². The average molecular weight is 410 g/mol. The molecule has 1 aliphatic rings. The number of piperazine rings is 1. The Morgan fingerprint density at radius 1 is 1.17 bits per heavy atom. The highest BCUT2D eigenvalue weighted by Gasteiger charge is 2.25. The van der Waals surface area contributed by atoms with Gasteiger partial charge in [0.2, 0.25) is 0 Å². The molecule has 8 nitrogen and oxygen atoms in total. The van der Waals surface area contributed by atoms with E-state index < -0.39 is 0 Å². The van der Waals surface area contributed by atoms with Gasteiger partial charge in [0.05, 0.1) is 11.5 Å². The van der Waals surface area contributed by atoms with Crippen LogP contribution in [0.25, 0.3) is 5.57 Å². The van der Waals surface area contributed by atoms with Gasteiger partial charge in [0.15, 0.2) is 0 Å².